The molecule has 0 saturated heterocycles. The number of benzene rings is 1. The zero-order chi connectivity index (χ0) is 13.0. The van der Waals surface area contributed by atoms with Gasteiger partial charge in [0.15, 0.2) is 0 Å². The summed E-state index contributed by atoms with van der Waals surface area (Å²) in [6.07, 6.45) is 3.46. The van der Waals surface area contributed by atoms with E-state index in [-0.39, 0.29) is 5.82 Å². The van der Waals surface area contributed by atoms with Crippen LogP contribution in [0.25, 0.3) is 0 Å². The van der Waals surface area contributed by atoms with Gasteiger partial charge in [0.2, 0.25) is 0 Å². The van der Waals surface area contributed by atoms with Crippen LogP contribution in [0.15, 0.2) is 36.7 Å². The highest BCUT2D eigenvalue weighted by molar-refractivity contribution is 5.63. The van der Waals surface area contributed by atoms with Gasteiger partial charge in [-0.1, -0.05) is 0 Å². The standard InChI is InChI=1S/C14H16FN3/c1-3-17-13-7-14(9-16-8-13)18-12-5-10(2)4-11(15)6-12/h4-9,17-18H,3H2,1-2H3. The summed E-state index contributed by atoms with van der Waals surface area (Å²) >= 11 is 0. The topological polar surface area (TPSA) is 37.0 Å². The van der Waals surface area contributed by atoms with Crippen molar-refractivity contribution in [1.29, 1.82) is 0 Å². The zero-order valence-electron chi connectivity index (χ0n) is 10.5. The zero-order valence-corrected chi connectivity index (χ0v) is 10.5. The molecule has 0 atom stereocenters. The second-order valence-electron chi connectivity index (χ2n) is 4.13. The molecule has 0 aliphatic heterocycles. The van der Waals surface area contributed by atoms with E-state index in [4.69, 9.17) is 0 Å². The van der Waals surface area contributed by atoms with E-state index >= 15 is 0 Å². The van der Waals surface area contributed by atoms with E-state index in [9.17, 15) is 4.39 Å². The smallest absolute Gasteiger partial charge is 0.125 e. The van der Waals surface area contributed by atoms with E-state index in [0.29, 0.717) is 0 Å². The highest BCUT2D eigenvalue weighted by Gasteiger charge is 2.00. The number of pyridine rings is 1. The molecule has 0 aliphatic rings. The number of nitrogens with zero attached hydrogens (tertiary/aromatic N) is 1. The lowest BCUT2D eigenvalue weighted by Gasteiger charge is -2.09. The minimum absolute atomic E-state index is 0.242. The van der Waals surface area contributed by atoms with Crippen LogP contribution in [0.2, 0.25) is 0 Å². The molecule has 0 amide bonds. The van der Waals surface area contributed by atoms with E-state index in [2.05, 4.69) is 15.6 Å². The van der Waals surface area contributed by atoms with Crippen molar-refractivity contribution in [2.75, 3.05) is 17.2 Å². The minimum atomic E-state index is -0.242. The Bertz CT molecular complexity index is 520. The van der Waals surface area contributed by atoms with Crippen LogP contribution in [-0.4, -0.2) is 11.5 Å². The maximum Gasteiger partial charge on any atom is 0.125 e. The number of aromatic nitrogens is 1. The molecular formula is C14H16FN3. The molecule has 0 spiro atoms. The van der Waals surface area contributed by atoms with Crippen LogP contribution < -0.4 is 10.6 Å². The average Bonchev–Trinajstić information content (AvgIpc) is 2.28. The van der Waals surface area contributed by atoms with Crippen molar-refractivity contribution in [2.45, 2.75) is 13.8 Å². The summed E-state index contributed by atoms with van der Waals surface area (Å²) in [5.74, 6) is -0.242. The predicted octanol–water partition coefficient (Wildman–Crippen LogP) is 3.70. The fourth-order valence-corrected chi connectivity index (χ4v) is 1.78. The van der Waals surface area contributed by atoms with Crippen LogP contribution in [-0.2, 0) is 0 Å². The van der Waals surface area contributed by atoms with Crippen molar-refractivity contribution in [3.63, 3.8) is 0 Å². The van der Waals surface area contributed by atoms with Crippen LogP contribution in [0.1, 0.15) is 12.5 Å². The Morgan fingerprint density at radius 1 is 1.06 bits per heavy atom. The molecule has 2 aromatic rings. The number of aryl methyl sites for hydroxylation is 1. The fourth-order valence-electron chi connectivity index (χ4n) is 1.78. The molecule has 0 bridgehead atoms. The fraction of sp³-hybridized carbons (Fsp3) is 0.214. The number of nitrogens with one attached hydrogen (secondary N) is 2. The largest absolute Gasteiger partial charge is 0.384 e. The molecular weight excluding hydrogens is 229 g/mol. The first-order valence-electron chi connectivity index (χ1n) is 5.90. The van der Waals surface area contributed by atoms with Crippen molar-refractivity contribution >= 4 is 17.1 Å². The molecule has 2 N–H and O–H groups in total. The normalized spacial score (nSPS) is 10.2. The average molecular weight is 245 g/mol. The molecule has 1 heterocycles. The lowest BCUT2D eigenvalue weighted by Crippen LogP contribution is -1.99. The maximum absolute atomic E-state index is 13.3. The predicted molar refractivity (Wildman–Crippen MR) is 72.8 cm³/mol. The van der Waals surface area contributed by atoms with E-state index in [1.165, 1.54) is 12.1 Å². The monoisotopic (exact) mass is 245 g/mol. The Balaban J connectivity index is 2.20. The molecule has 1 aromatic heterocycles. The van der Waals surface area contributed by atoms with Gasteiger partial charge in [-0.15, -0.1) is 0 Å². The minimum Gasteiger partial charge on any atom is -0.384 e. The van der Waals surface area contributed by atoms with Crippen molar-refractivity contribution in [3.05, 3.63) is 48.0 Å². The summed E-state index contributed by atoms with van der Waals surface area (Å²) in [6.45, 7) is 4.72. The third-order valence-corrected chi connectivity index (χ3v) is 2.45. The molecule has 0 saturated carbocycles. The Morgan fingerprint density at radius 2 is 1.83 bits per heavy atom. The number of halogens is 1. The lowest BCUT2D eigenvalue weighted by molar-refractivity contribution is 0.627. The first-order chi connectivity index (χ1) is 8.67. The molecule has 1 aromatic carbocycles. The molecule has 2 rings (SSSR count). The summed E-state index contributed by atoms with van der Waals surface area (Å²) in [6, 6.07) is 6.80. The summed E-state index contributed by atoms with van der Waals surface area (Å²) in [5, 5.41) is 6.32. The first kappa shape index (κ1) is 12.4. The molecule has 0 unspecified atom stereocenters. The summed E-state index contributed by atoms with van der Waals surface area (Å²) in [5.41, 5.74) is 3.38. The van der Waals surface area contributed by atoms with Crippen molar-refractivity contribution < 1.29 is 4.39 Å². The highest BCUT2D eigenvalue weighted by atomic mass is 19.1. The lowest BCUT2D eigenvalue weighted by atomic mass is 10.2. The molecule has 94 valence electrons. The van der Waals surface area contributed by atoms with Gasteiger partial charge in [0.1, 0.15) is 5.82 Å². The summed E-state index contributed by atoms with van der Waals surface area (Å²) in [7, 11) is 0. The van der Waals surface area contributed by atoms with Gasteiger partial charge in [0, 0.05) is 12.2 Å². The second-order valence-corrected chi connectivity index (χ2v) is 4.13. The van der Waals surface area contributed by atoms with Gasteiger partial charge < -0.3 is 10.6 Å². The van der Waals surface area contributed by atoms with Crippen LogP contribution in [0.4, 0.5) is 21.5 Å². The number of hydrogen-bond acceptors (Lipinski definition) is 3. The Kier molecular flexibility index (Phi) is 3.77. The number of rotatable bonds is 4. The number of hydrogen-bond donors (Lipinski definition) is 2. The van der Waals surface area contributed by atoms with E-state index in [1.807, 2.05) is 26.0 Å². The number of anilines is 3. The molecule has 4 heteroatoms. The SMILES string of the molecule is CCNc1cncc(Nc2cc(C)cc(F)c2)c1. The third-order valence-electron chi connectivity index (χ3n) is 2.45. The van der Waals surface area contributed by atoms with Crippen LogP contribution in [0, 0.1) is 12.7 Å². The van der Waals surface area contributed by atoms with E-state index in [0.717, 1.165) is 29.2 Å². The molecule has 0 aliphatic carbocycles. The van der Waals surface area contributed by atoms with Crippen LogP contribution in [0.3, 0.4) is 0 Å². The van der Waals surface area contributed by atoms with Gasteiger partial charge in [-0.3, -0.25) is 4.98 Å². The van der Waals surface area contributed by atoms with E-state index in [1.54, 1.807) is 12.4 Å². The van der Waals surface area contributed by atoms with Gasteiger partial charge in [0.25, 0.3) is 0 Å². The van der Waals surface area contributed by atoms with Crippen molar-refractivity contribution in [1.82, 2.24) is 4.98 Å². The summed E-state index contributed by atoms with van der Waals surface area (Å²) in [4.78, 5) is 4.13. The van der Waals surface area contributed by atoms with Crippen LogP contribution >= 0.6 is 0 Å². The van der Waals surface area contributed by atoms with Gasteiger partial charge in [-0.2, -0.15) is 0 Å². The van der Waals surface area contributed by atoms with Gasteiger partial charge in [-0.25, -0.2) is 4.39 Å². The van der Waals surface area contributed by atoms with Crippen molar-refractivity contribution in [2.24, 2.45) is 0 Å². The summed E-state index contributed by atoms with van der Waals surface area (Å²) < 4.78 is 13.3. The Morgan fingerprint density at radius 3 is 2.56 bits per heavy atom. The van der Waals surface area contributed by atoms with Crippen molar-refractivity contribution in [3.8, 4) is 0 Å². The van der Waals surface area contributed by atoms with Gasteiger partial charge in [0.05, 0.1) is 23.8 Å². The molecule has 18 heavy (non-hydrogen) atoms. The Hall–Kier alpha value is -2.10. The van der Waals surface area contributed by atoms with Crippen LogP contribution in [0.5, 0.6) is 0 Å². The molecule has 3 nitrogen and oxygen atoms in total. The quantitative estimate of drug-likeness (QED) is 0.862. The van der Waals surface area contributed by atoms with E-state index < -0.39 is 0 Å². The first-order valence-corrected chi connectivity index (χ1v) is 5.90. The molecule has 0 radical (unpaired) electrons. The Labute approximate surface area is 106 Å². The highest BCUT2D eigenvalue weighted by Crippen LogP contribution is 2.20. The maximum atomic E-state index is 13.3. The van der Waals surface area contributed by atoms with Gasteiger partial charge in [-0.05, 0) is 43.7 Å². The second kappa shape index (κ2) is 5.49. The van der Waals surface area contributed by atoms with Gasteiger partial charge >= 0.3 is 0 Å². The molecule has 0 fully saturated rings. The third kappa shape index (κ3) is 3.20.